The quantitative estimate of drug-likeness (QED) is 0.653. The van der Waals surface area contributed by atoms with Crippen LogP contribution < -0.4 is 10.6 Å². The van der Waals surface area contributed by atoms with E-state index in [1.165, 1.54) is 0 Å². The maximum absolute atomic E-state index is 11.2. The Hall–Kier alpha value is -0.570. The fourth-order valence-corrected chi connectivity index (χ4v) is 0.764. The van der Waals surface area contributed by atoms with Crippen molar-refractivity contribution >= 4 is 5.91 Å². The Labute approximate surface area is 81.3 Å². The minimum absolute atomic E-state index is 0.0865. The van der Waals surface area contributed by atoms with E-state index in [0.29, 0.717) is 6.54 Å². The van der Waals surface area contributed by atoms with E-state index in [0.717, 1.165) is 19.5 Å². The number of hydrogen-bond acceptors (Lipinski definition) is 2. The molecule has 0 aromatic carbocycles. The summed E-state index contributed by atoms with van der Waals surface area (Å²) in [5, 5.41) is 5.90. The highest BCUT2D eigenvalue weighted by Crippen LogP contribution is 2.17. The maximum atomic E-state index is 11.2. The molecule has 0 bridgehead atoms. The summed E-state index contributed by atoms with van der Waals surface area (Å²) in [4.78, 5) is 11.2. The van der Waals surface area contributed by atoms with Crippen LogP contribution in [0.2, 0.25) is 0 Å². The number of carbonyl (C=O) groups excluding carboxylic acids is 1. The number of amides is 1. The van der Waals surface area contributed by atoms with E-state index < -0.39 is 0 Å². The molecule has 2 N–H and O–H groups in total. The molecule has 13 heavy (non-hydrogen) atoms. The predicted molar refractivity (Wildman–Crippen MR) is 55.6 cm³/mol. The summed E-state index contributed by atoms with van der Waals surface area (Å²) in [6.07, 6.45) is 1.08. The molecular weight excluding hydrogens is 164 g/mol. The Morgan fingerprint density at radius 3 is 2.38 bits per heavy atom. The third kappa shape index (κ3) is 6.58. The standard InChI is InChI=1S/C10H22N2O/c1-5-10(3,4)8-12-9(13)7-11-6-2/h11H,5-8H2,1-4H3,(H,12,13). The smallest absolute Gasteiger partial charge is 0.233 e. The summed E-state index contributed by atoms with van der Waals surface area (Å²) in [6.45, 7) is 10.5. The second kappa shape index (κ2) is 5.97. The fraction of sp³-hybridized carbons (Fsp3) is 0.900. The molecule has 0 saturated carbocycles. The molecule has 0 rings (SSSR count). The molecule has 0 radical (unpaired) electrons. The summed E-state index contributed by atoms with van der Waals surface area (Å²) in [6, 6.07) is 0. The largest absolute Gasteiger partial charge is 0.354 e. The van der Waals surface area contributed by atoms with Crippen molar-refractivity contribution < 1.29 is 4.79 Å². The number of nitrogens with one attached hydrogen (secondary N) is 2. The normalized spacial score (nSPS) is 11.4. The Bertz CT molecular complexity index is 155. The highest BCUT2D eigenvalue weighted by Gasteiger charge is 2.15. The molecule has 0 aliphatic heterocycles. The SMILES string of the molecule is CCNCC(=O)NCC(C)(C)CC. The van der Waals surface area contributed by atoms with Crippen LogP contribution in [0.4, 0.5) is 0 Å². The van der Waals surface area contributed by atoms with Crippen molar-refractivity contribution in [2.24, 2.45) is 5.41 Å². The Morgan fingerprint density at radius 2 is 1.92 bits per heavy atom. The molecule has 1 amide bonds. The number of carbonyl (C=O) groups is 1. The molecule has 3 heteroatoms. The van der Waals surface area contributed by atoms with E-state index in [2.05, 4.69) is 31.4 Å². The number of hydrogen-bond donors (Lipinski definition) is 2. The van der Waals surface area contributed by atoms with Gasteiger partial charge in [0.25, 0.3) is 0 Å². The first-order valence-electron chi connectivity index (χ1n) is 4.99. The average Bonchev–Trinajstić information content (AvgIpc) is 2.11. The van der Waals surface area contributed by atoms with Gasteiger partial charge in [-0.3, -0.25) is 4.79 Å². The maximum Gasteiger partial charge on any atom is 0.233 e. The van der Waals surface area contributed by atoms with Crippen molar-refractivity contribution in [2.45, 2.75) is 34.1 Å². The third-order valence-electron chi connectivity index (χ3n) is 2.26. The van der Waals surface area contributed by atoms with Crippen molar-refractivity contribution in [1.82, 2.24) is 10.6 Å². The van der Waals surface area contributed by atoms with Crippen LogP contribution in [-0.2, 0) is 4.79 Å². The summed E-state index contributed by atoms with van der Waals surface area (Å²) in [5.74, 6) is 0.0865. The first-order valence-corrected chi connectivity index (χ1v) is 4.99. The fourth-order valence-electron chi connectivity index (χ4n) is 0.764. The Kier molecular flexibility index (Phi) is 5.71. The molecule has 0 aliphatic rings. The van der Waals surface area contributed by atoms with E-state index in [1.54, 1.807) is 0 Å². The van der Waals surface area contributed by atoms with Crippen LogP contribution in [0.5, 0.6) is 0 Å². The lowest BCUT2D eigenvalue weighted by Crippen LogP contribution is -2.38. The van der Waals surface area contributed by atoms with Gasteiger partial charge in [0.15, 0.2) is 0 Å². The van der Waals surface area contributed by atoms with Gasteiger partial charge in [-0.05, 0) is 18.4 Å². The molecule has 0 aliphatic carbocycles. The first-order chi connectivity index (χ1) is 6.02. The average molecular weight is 186 g/mol. The molecule has 3 nitrogen and oxygen atoms in total. The van der Waals surface area contributed by atoms with Crippen molar-refractivity contribution in [3.63, 3.8) is 0 Å². The number of likely N-dealkylation sites (N-methyl/N-ethyl adjacent to an activating group) is 1. The minimum Gasteiger partial charge on any atom is -0.354 e. The van der Waals surface area contributed by atoms with Crippen LogP contribution in [0.1, 0.15) is 34.1 Å². The first kappa shape index (κ1) is 12.4. The van der Waals surface area contributed by atoms with Crippen molar-refractivity contribution in [3.05, 3.63) is 0 Å². The molecule has 0 unspecified atom stereocenters. The van der Waals surface area contributed by atoms with E-state index in [1.807, 2.05) is 6.92 Å². The van der Waals surface area contributed by atoms with Gasteiger partial charge >= 0.3 is 0 Å². The molecule has 0 atom stereocenters. The van der Waals surface area contributed by atoms with Gasteiger partial charge in [0.1, 0.15) is 0 Å². The Balaban J connectivity index is 3.57. The highest BCUT2D eigenvalue weighted by atomic mass is 16.1. The van der Waals surface area contributed by atoms with Crippen molar-refractivity contribution in [1.29, 1.82) is 0 Å². The topological polar surface area (TPSA) is 41.1 Å². The second-order valence-electron chi connectivity index (χ2n) is 4.07. The van der Waals surface area contributed by atoms with Crippen LogP contribution in [0.25, 0.3) is 0 Å². The lowest BCUT2D eigenvalue weighted by atomic mass is 9.90. The summed E-state index contributed by atoms with van der Waals surface area (Å²) < 4.78 is 0. The molecule has 0 aromatic heterocycles. The lowest BCUT2D eigenvalue weighted by Gasteiger charge is -2.22. The second-order valence-corrected chi connectivity index (χ2v) is 4.07. The van der Waals surface area contributed by atoms with Gasteiger partial charge in [0.05, 0.1) is 6.54 Å². The van der Waals surface area contributed by atoms with Crippen molar-refractivity contribution in [3.8, 4) is 0 Å². The zero-order valence-electron chi connectivity index (χ0n) is 9.24. The summed E-state index contributed by atoms with van der Waals surface area (Å²) >= 11 is 0. The molecule has 78 valence electrons. The zero-order chi connectivity index (χ0) is 10.3. The van der Waals surface area contributed by atoms with Gasteiger partial charge in [-0.25, -0.2) is 0 Å². The summed E-state index contributed by atoms with van der Waals surface area (Å²) in [5.41, 5.74) is 0.210. The highest BCUT2D eigenvalue weighted by molar-refractivity contribution is 5.77. The van der Waals surface area contributed by atoms with E-state index in [4.69, 9.17) is 0 Å². The van der Waals surface area contributed by atoms with Crippen LogP contribution >= 0.6 is 0 Å². The third-order valence-corrected chi connectivity index (χ3v) is 2.26. The Morgan fingerprint density at radius 1 is 1.31 bits per heavy atom. The zero-order valence-corrected chi connectivity index (χ0v) is 9.24. The summed E-state index contributed by atoms with van der Waals surface area (Å²) in [7, 11) is 0. The van der Waals surface area contributed by atoms with Crippen LogP contribution in [0, 0.1) is 5.41 Å². The molecule has 0 fully saturated rings. The van der Waals surface area contributed by atoms with Gasteiger partial charge in [0, 0.05) is 6.54 Å². The molecule has 0 heterocycles. The molecule has 0 aromatic rings. The van der Waals surface area contributed by atoms with Gasteiger partial charge in [-0.2, -0.15) is 0 Å². The molecular formula is C10H22N2O. The van der Waals surface area contributed by atoms with Gasteiger partial charge in [0.2, 0.25) is 5.91 Å². The van der Waals surface area contributed by atoms with Crippen molar-refractivity contribution in [2.75, 3.05) is 19.6 Å². The minimum atomic E-state index is 0.0865. The van der Waals surface area contributed by atoms with Crippen LogP contribution in [-0.4, -0.2) is 25.5 Å². The van der Waals surface area contributed by atoms with E-state index in [9.17, 15) is 4.79 Å². The number of rotatable bonds is 6. The van der Waals surface area contributed by atoms with Crippen LogP contribution in [0.15, 0.2) is 0 Å². The lowest BCUT2D eigenvalue weighted by molar-refractivity contribution is -0.120. The predicted octanol–water partition coefficient (Wildman–Crippen LogP) is 1.15. The van der Waals surface area contributed by atoms with E-state index in [-0.39, 0.29) is 11.3 Å². The monoisotopic (exact) mass is 186 g/mol. The van der Waals surface area contributed by atoms with Crippen LogP contribution in [0.3, 0.4) is 0 Å². The van der Waals surface area contributed by atoms with Gasteiger partial charge in [-0.1, -0.05) is 27.7 Å². The molecule has 0 spiro atoms. The molecule has 0 saturated heterocycles. The van der Waals surface area contributed by atoms with Gasteiger partial charge < -0.3 is 10.6 Å². The van der Waals surface area contributed by atoms with E-state index >= 15 is 0 Å². The van der Waals surface area contributed by atoms with Gasteiger partial charge in [-0.15, -0.1) is 0 Å².